The van der Waals surface area contributed by atoms with Crippen LogP contribution in [0.25, 0.3) is 0 Å². The number of halogens is 1. The Labute approximate surface area is 120 Å². The minimum absolute atomic E-state index is 0.108. The second-order valence-corrected chi connectivity index (χ2v) is 5.66. The Morgan fingerprint density at radius 3 is 2.50 bits per heavy atom. The molecule has 1 saturated heterocycles. The van der Waals surface area contributed by atoms with E-state index < -0.39 is 6.10 Å². The summed E-state index contributed by atoms with van der Waals surface area (Å²) in [6, 6.07) is 4.66. The van der Waals surface area contributed by atoms with E-state index in [1.807, 2.05) is 6.92 Å². The maximum Gasteiger partial charge on any atom is 0.126 e. The van der Waals surface area contributed by atoms with Crippen molar-refractivity contribution in [2.45, 2.75) is 26.0 Å². The Bertz CT molecular complexity index is 447. The van der Waals surface area contributed by atoms with Crippen molar-refractivity contribution >= 4 is 0 Å². The summed E-state index contributed by atoms with van der Waals surface area (Å²) in [4.78, 5) is 2.28. The van der Waals surface area contributed by atoms with Crippen LogP contribution in [0.3, 0.4) is 0 Å². The van der Waals surface area contributed by atoms with Gasteiger partial charge in [-0.25, -0.2) is 14.8 Å². The van der Waals surface area contributed by atoms with Gasteiger partial charge in [0.15, 0.2) is 0 Å². The lowest BCUT2D eigenvalue weighted by Gasteiger charge is -2.35. The lowest BCUT2D eigenvalue weighted by molar-refractivity contribution is 0.0437. The Kier molecular flexibility index (Phi) is 5.10. The molecule has 20 heavy (non-hydrogen) atoms. The largest absolute Gasteiger partial charge is 0.387 e. The lowest BCUT2D eigenvalue weighted by Crippen LogP contribution is -2.54. The molecule has 1 fully saturated rings. The highest BCUT2D eigenvalue weighted by Gasteiger charge is 2.21. The zero-order valence-corrected chi connectivity index (χ0v) is 12.4. The van der Waals surface area contributed by atoms with E-state index in [1.165, 1.54) is 6.07 Å². The second-order valence-electron chi connectivity index (χ2n) is 5.66. The fourth-order valence-corrected chi connectivity index (χ4v) is 2.43. The number of aryl methyl sites for hydroxylation is 1. The van der Waals surface area contributed by atoms with Crippen molar-refractivity contribution in [1.29, 1.82) is 0 Å². The molecule has 0 aromatic heterocycles. The molecule has 112 valence electrons. The monoisotopic (exact) mass is 281 g/mol. The number of hydrogen-bond acceptors (Lipinski definition) is 4. The van der Waals surface area contributed by atoms with Crippen molar-refractivity contribution in [3.05, 3.63) is 35.1 Å². The van der Waals surface area contributed by atoms with Crippen molar-refractivity contribution in [1.82, 2.24) is 15.3 Å². The van der Waals surface area contributed by atoms with Gasteiger partial charge in [0, 0.05) is 32.2 Å². The summed E-state index contributed by atoms with van der Waals surface area (Å²) in [7, 11) is 2.11. The maximum atomic E-state index is 13.3. The van der Waals surface area contributed by atoms with Crippen LogP contribution in [-0.4, -0.2) is 54.3 Å². The molecule has 2 atom stereocenters. The van der Waals surface area contributed by atoms with E-state index in [2.05, 4.69) is 22.4 Å². The van der Waals surface area contributed by atoms with Crippen molar-refractivity contribution < 1.29 is 9.50 Å². The molecule has 0 radical (unpaired) electrons. The summed E-state index contributed by atoms with van der Waals surface area (Å²) in [5.41, 5.74) is 4.65. The number of benzene rings is 1. The van der Waals surface area contributed by atoms with Gasteiger partial charge in [0.05, 0.1) is 6.10 Å². The van der Waals surface area contributed by atoms with Gasteiger partial charge in [-0.1, -0.05) is 12.1 Å². The van der Waals surface area contributed by atoms with Gasteiger partial charge in [-0.2, -0.15) is 0 Å². The van der Waals surface area contributed by atoms with Crippen molar-refractivity contribution in [2.24, 2.45) is 0 Å². The minimum Gasteiger partial charge on any atom is -0.387 e. The molecule has 0 spiro atoms. The maximum absolute atomic E-state index is 13.3. The molecule has 0 bridgehead atoms. The Hall–Kier alpha value is -1.01. The van der Waals surface area contributed by atoms with Crippen LogP contribution in [0.2, 0.25) is 0 Å². The highest BCUT2D eigenvalue weighted by atomic mass is 19.1. The Morgan fingerprint density at radius 2 is 1.90 bits per heavy atom. The second kappa shape index (κ2) is 6.63. The molecule has 1 aromatic carbocycles. The van der Waals surface area contributed by atoms with Gasteiger partial charge in [-0.3, -0.25) is 0 Å². The van der Waals surface area contributed by atoms with Gasteiger partial charge in [-0.05, 0) is 38.1 Å². The van der Waals surface area contributed by atoms with Crippen LogP contribution in [0.4, 0.5) is 4.39 Å². The number of piperazine rings is 1. The topological polar surface area (TPSA) is 38.7 Å². The number of hydrogen-bond donors (Lipinski definition) is 2. The molecule has 1 heterocycles. The van der Waals surface area contributed by atoms with E-state index in [1.54, 1.807) is 19.1 Å². The van der Waals surface area contributed by atoms with E-state index >= 15 is 0 Å². The molecule has 0 saturated carbocycles. The van der Waals surface area contributed by atoms with E-state index in [9.17, 15) is 9.50 Å². The van der Waals surface area contributed by atoms with Gasteiger partial charge in [-0.15, -0.1) is 0 Å². The lowest BCUT2D eigenvalue weighted by atomic mass is 10.0. The number of rotatable bonds is 4. The summed E-state index contributed by atoms with van der Waals surface area (Å²) >= 11 is 0. The highest BCUT2D eigenvalue weighted by Crippen LogP contribution is 2.20. The molecule has 4 nitrogen and oxygen atoms in total. The molecular formula is C15H24FN3O. The number of aliphatic hydroxyl groups is 1. The first-order chi connectivity index (χ1) is 9.47. The van der Waals surface area contributed by atoms with Crippen LogP contribution < -0.4 is 5.43 Å². The third-order valence-corrected chi connectivity index (χ3v) is 3.89. The smallest absolute Gasteiger partial charge is 0.126 e. The standard InChI is InChI=1S/C15H24FN3O/c1-11-10-13(4-5-14(11)16)15(20)12(2)17-19-8-6-18(3)7-9-19/h4-5,10,12,15,17,20H,6-9H2,1-3H3. The molecule has 2 N–H and O–H groups in total. The molecule has 2 rings (SSSR count). The van der Waals surface area contributed by atoms with E-state index in [0.717, 1.165) is 31.7 Å². The van der Waals surface area contributed by atoms with Gasteiger partial charge < -0.3 is 10.0 Å². The molecular weight excluding hydrogens is 257 g/mol. The molecule has 0 amide bonds. The third-order valence-electron chi connectivity index (χ3n) is 3.89. The SMILES string of the molecule is Cc1cc(C(O)C(C)NN2CCN(C)CC2)ccc1F. The molecule has 1 aliphatic rings. The number of hydrazine groups is 1. The van der Waals surface area contributed by atoms with Crippen LogP contribution in [0.5, 0.6) is 0 Å². The summed E-state index contributed by atoms with van der Waals surface area (Å²) < 4.78 is 13.3. The molecule has 1 aliphatic heterocycles. The van der Waals surface area contributed by atoms with Gasteiger partial charge in [0.25, 0.3) is 0 Å². The first-order valence-corrected chi connectivity index (χ1v) is 7.11. The van der Waals surface area contributed by atoms with Crippen LogP contribution in [-0.2, 0) is 0 Å². The van der Waals surface area contributed by atoms with Gasteiger partial charge >= 0.3 is 0 Å². The zero-order chi connectivity index (χ0) is 14.7. The predicted molar refractivity (Wildman–Crippen MR) is 77.8 cm³/mol. The van der Waals surface area contributed by atoms with E-state index in [-0.39, 0.29) is 11.9 Å². The fraction of sp³-hybridized carbons (Fsp3) is 0.600. The third kappa shape index (κ3) is 3.76. The molecule has 0 aliphatic carbocycles. The average Bonchev–Trinajstić information content (AvgIpc) is 2.43. The normalized spacial score (nSPS) is 20.9. The van der Waals surface area contributed by atoms with Crippen molar-refractivity contribution in [2.75, 3.05) is 33.2 Å². The quantitative estimate of drug-likeness (QED) is 0.873. The number of aliphatic hydroxyl groups excluding tert-OH is 1. The summed E-state index contributed by atoms with van der Waals surface area (Å²) in [6.07, 6.45) is -0.644. The summed E-state index contributed by atoms with van der Waals surface area (Å²) in [5, 5.41) is 12.5. The fourth-order valence-electron chi connectivity index (χ4n) is 2.43. The Balaban J connectivity index is 1.94. The number of nitrogens with one attached hydrogen (secondary N) is 1. The minimum atomic E-state index is -0.644. The van der Waals surface area contributed by atoms with Crippen LogP contribution >= 0.6 is 0 Å². The summed E-state index contributed by atoms with van der Waals surface area (Å²) in [5.74, 6) is -0.236. The van der Waals surface area contributed by atoms with Crippen LogP contribution in [0.1, 0.15) is 24.2 Å². The first-order valence-electron chi connectivity index (χ1n) is 7.11. The van der Waals surface area contributed by atoms with Crippen molar-refractivity contribution in [3.63, 3.8) is 0 Å². The predicted octanol–water partition coefficient (Wildman–Crippen LogP) is 1.31. The first kappa shape index (κ1) is 15.4. The average molecular weight is 281 g/mol. The number of nitrogens with zero attached hydrogens (tertiary/aromatic N) is 2. The van der Waals surface area contributed by atoms with E-state index in [0.29, 0.717) is 5.56 Å². The zero-order valence-electron chi connectivity index (χ0n) is 12.4. The van der Waals surface area contributed by atoms with Gasteiger partial charge in [0.1, 0.15) is 5.82 Å². The molecule has 5 heteroatoms. The Morgan fingerprint density at radius 1 is 1.25 bits per heavy atom. The van der Waals surface area contributed by atoms with Crippen LogP contribution in [0.15, 0.2) is 18.2 Å². The summed E-state index contributed by atoms with van der Waals surface area (Å²) in [6.45, 7) is 7.58. The number of likely N-dealkylation sites (N-methyl/N-ethyl adjacent to an activating group) is 1. The molecule has 1 aromatic rings. The van der Waals surface area contributed by atoms with Crippen molar-refractivity contribution in [3.8, 4) is 0 Å². The van der Waals surface area contributed by atoms with Gasteiger partial charge in [0.2, 0.25) is 0 Å². The van der Waals surface area contributed by atoms with Crippen LogP contribution in [0, 0.1) is 12.7 Å². The highest BCUT2D eigenvalue weighted by molar-refractivity contribution is 5.26. The van der Waals surface area contributed by atoms with E-state index in [4.69, 9.17) is 0 Å². The molecule has 2 unspecified atom stereocenters.